The summed E-state index contributed by atoms with van der Waals surface area (Å²) in [6, 6.07) is -0.198. The van der Waals surface area contributed by atoms with Crippen LogP contribution in [0.15, 0.2) is 5.38 Å². The molecule has 0 radical (unpaired) electrons. The third-order valence-electron chi connectivity index (χ3n) is 2.21. The number of nitrogens with zero attached hydrogens (tertiary/aromatic N) is 1. The second kappa shape index (κ2) is 8.76. The fourth-order valence-corrected chi connectivity index (χ4v) is 2.49. The fraction of sp³-hybridized carbons (Fsp3) is 0.545. The monoisotopic (exact) mass is 303 g/mol. The maximum Gasteiger partial charge on any atom is 0.355 e. The Bertz CT molecular complexity index is 423. The zero-order valence-electron chi connectivity index (χ0n) is 10.6. The van der Waals surface area contributed by atoms with Crippen molar-refractivity contribution in [1.29, 1.82) is 0 Å². The van der Waals surface area contributed by atoms with Gasteiger partial charge in [0.05, 0.1) is 5.01 Å². The van der Waals surface area contributed by atoms with Gasteiger partial charge in [-0.1, -0.05) is 0 Å². The van der Waals surface area contributed by atoms with Gasteiger partial charge in [-0.2, -0.15) is 11.8 Å². The summed E-state index contributed by atoms with van der Waals surface area (Å²) in [5.74, 6) is -0.000770. The Labute approximate surface area is 120 Å². The third-order valence-corrected chi connectivity index (χ3v) is 3.81. The molecule has 0 aliphatic heterocycles. The molecule has 0 spiro atoms. The first-order valence-electron chi connectivity index (χ1n) is 5.82. The minimum Gasteiger partial charge on any atom is -0.476 e. The van der Waals surface area contributed by atoms with Crippen LogP contribution >= 0.6 is 23.1 Å². The van der Waals surface area contributed by atoms with Crippen molar-refractivity contribution in [1.82, 2.24) is 15.6 Å². The molecule has 0 aromatic carbocycles. The molecule has 106 valence electrons. The van der Waals surface area contributed by atoms with Crippen LogP contribution in [0.3, 0.4) is 0 Å². The Morgan fingerprint density at radius 1 is 1.42 bits per heavy atom. The van der Waals surface area contributed by atoms with E-state index in [9.17, 15) is 9.59 Å². The van der Waals surface area contributed by atoms with Gasteiger partial charge in [0.15, 0.2) is 5.69 Å². The highest BCUT2D eigenvalue weighted by Gasteiger charge is 2.08. The first kappa shape index (κ1) is 15.8. The zero-order valence-corrected chi connectivity index (χ0v) is 12.3. The molecule has 0 unspecified atom stereocenters. The van der Waals surface area contributed by atoms with Gasteiger partial charge in [0.1, 0.15) is 0 Å². The topological polar surface area (TPSA) is 91.3 Å². The van der Waals surface area contributed by atoms with E-state index >= 15 is 0 Å². The van der Waals surface area contributed by atoms with Gasteiger partial charge in [-0.05, 0) is 18.4 Å². The average Bonchev–Trinajstić information content (AvgIpc) is 2.84. The van der Waals surface area contributed by atoms with Crippen LogP contribution < -0.4 is 10.6 Å². The average molecular weight is 303 g/mol. The van der Waals surface area contributed by atoms with Gasteiger partial charge in [0.25, 0.3) is 0 Å². The van der Waals surface area contributed by atoms with E-state index < -0.39 is 5.97 Å². The predicted octanol–water partition coefficient (Wildman–Crippen LogP) is 1.44. The van der Waals surface area contributed by atoms with Crippen molar-refractivity contribution in [2.45, 2.75) is 12.8 Å². The second-order valence-electron chi connectivity index (χ2n) is 3.71. The Balaban J connectivity index is 2.15. The van der Waals surface area contributed by atoms with Crippen molar-refractivity contribution in [2.24, 2.45) is 0 Å². The molecule has 0 saturated heterocycles. The second-order valence-corrected chi connectivity index (χ2v) is 5.64. The van der Waals surface area contributed by atoms with Gasteiger partial charge in [-0.3, -0.25) is 0 Å². The lowest BCUT2D eigenvalue weighted by Gasteiger charge is -2.06. The molecule has 0 bridgehead atoms. The smallest absolute Gasteiger partial charge is 0.355 e. The van der Waals surface area contributed by atoms with Gasteiger partial charge < -0.3 is 15.7 Å². The van der Waals surface area contributed by atoms with Gasteiger partial charge in [0.2, 0.25) is 0 Å². The first-order valence-corrected chi connectivity index (χ1v) is 8.09. The highest BCUT2D eigenvalue weighted by Crippen LogP contribution is 2.09. The van der Waals surface area contributed by atoms with E-state index in [-0.39, 0.29) is 11.7 Å². The van der Waals surface area contributed by atoms with Crippen molar-refractivity contribution < 1.29 is 14.7 Å². The maximum absolute atomic E-state index is 11.4. The number of nitrogens with one attached hydrogen (secondary N) is 2. The number of aromatic nitrogens is 1. The maximum atomic E-state index is 11.4. The Morgan fingerprint density at radius 3 is 2.79 bits per heavy atom. The third kappa shape index (κ3) is 6.44. The molecule has 19 heavy (non-hydrogen) atoms. The molecule has 6 nitrogen and oxygen atoms in total. The lowest BCUT2D eigenvalue weighted by atomic mass is 10.4. The highest BCUT2D eigenvalue weighted by atomic mass is 32.2. The standard InChI is InChI=1S/C11H17N3O3S2/c1-18-6-2-4-12-11(17)13-5-3-9-14-8(7-19-9)10(15)16/h7H,2-6H2,1H3,(H,15,16)(H2,12,13,17). The van der Waals surface area contributed by atoms with Crippen molar-refractivity contribution >= 4 is 35.1 Å². The summed E-state index contributed by atoms with van der Waals surface area (Å²) in [4.78, 5) is 25.9. The van der Waals surface area contributed by atoms with Crippen molar-refractivity contribution in [3.63, 3.8) is 0 Å². The molecule has 0 atom stereocenters. The number of thiazole rings is 1. The summed E-state index contributed by atoms with van der Waals surface area (Å²) in [6.07, 6.45) is 3.51. The van der Waals surface area contributed by atoms with E-state index in [1.54, 1.807) is 11.8 Å². The van der Waals surface area contributed by atoms with Crippen LogP contribution in [0.25, 0.3) is 0 Å². The molecular weight excluding hydrogens is 286 g/mol. The molecule has 1 aromatic rings. The molecule has 3 N–H and O–H groups in total. The molecule has 0 aliphatic carbocycles. The number of carbonyl (C=O) groups is 2. The van der Waals surface area contributed by atoms with E-state index in [1.165, 1.54) is 16.7 Å². The summed E-state index contributed by atoms with van der Waals surface area (Å²) >= 11 is 3.03. The van der Waals surface area contributed by atoms with Crippen LogP contribution in [0.4, 0.5) is 4.79 Å². The molecule has 1 rings (SSSR count). The summed E-state index contributed by atoms with van der Waals surface area (Å²) in [7, 11) is 0. The fourth-order valence-electron chi connectivity index (χ4n) is 1.29. The SMILES string of the molecule is CSCCCNC(=O)NCCc1nc(C(=O)O)cs1. The van der Waals surface area contributed by atoms with Crippen LogP contribution in [0, 0.1) is 0 Å². The van der Waals surface area contributed by atoms with Crippen LogP contribution in [0.2, 0.25) is 0 Å². The Morgan fingerprint density at radius 2 is 2.16 bits per heavy atom. The van der Waals surface area contributed by atoms with E-state index in [4.69, 9.17) is 5.11 Å². The van der Waals surface area contributed by atoms with Crippen molar-refractivity contribution in [2.75, 3.05) is 25.1 Å². The number of hydrogen-bond acceptors (Lipinski definition) is 5. The number of amides is 2. The normalized spacial score (nSPS) is 10.2. The van der Waals surface area contributed by atoms with Crippen LogP contribution in [0.5, 0.6) is 0 Å². The van der Waals surface area contributed by atoms with Gasteiger partial charge in [-0.15, -0.1) is 11.3 Å². The number of carboxylic acid groups (broad SMARTS) is 1. The van der Waals surface area contributed by atoms with Gasteiger partial charge in [-0.25, -0.2) is 14.6 Å². The number of aromatic carboxylic acids is 1. The largest absolute Gasteiger partial charge is 0.476 e. The Hall–Kier alpha value is -1.28. The number of urea groups is 1. The minimum atomic E-state index is -1.03. The highest BCUT2D eigenvalue weighted by molar-refractivity contribution is 7.98. The summed E-state index contributed by atoms with van der Waals surface area (Å²) in [5.41, 5.74) is 0.0570. The molecule has 8 heteroatoms. The molecule has 0 fully saturated rings. The number of carboxylic acids is 1. The number of carbonyl (C=O) groups excluding carboxylic acids is 1. The number of hydrogen-bond donors (Lipinski definition) is 3. The van der Waals surface area contributed by atoms with Gasteiger partial charge in [0, 0.05) is 24.9 Å². The van der Waals surface area contributed by atoms with E-state index in [0.717, 1.165) is 12.2 Å². The van der Waals surface area contributed by atoms with Crippen molar-refractivity contribution in [3.05, 3.63) is 16.1 Å². The van der Waals surface area contributed by atoms with Crippen LogP contribution in [0.1, 0.15) is 21.9 Å². The lowest BCUT2D eigenvalue weighted by molar-refractivity contribution is 0.0691. The van der Waals surface area contributed by atoms with Crippen LogP contribution in [-0.4, -0.2) is 47.2 Å². The predicted molar refractivity (Wildman–Crippen MR) is 77.2 cm³/mol. The summed E-state index contributed by atoms with van der Waals surface area (Å²) < 4.78 is 0. The quantitative estimate of drug-likeness (QED) is 0.632. The first-order chi connectivity index (χ1) is 9.13. The zero-order chi connectivity index (χ0) is 14.1. The van der Waals surface area contributed by atoms with Crippen LogP contribution in [-0.2, 0) is 6.42 Å². The van der Waals surface area contributed by atoms with E-state index in [2.05, 4.69) is 15.6 Å². The molecule has 1 heterocycles. The molecule has 0 saturated carbocycles. The molecule has 2 amide bonds. The summed E-state index contributed by atoms with van der Waals surface area (Å²) in [6.45, 7) is 1.11. The minimum absolute atomic E-state index is 0.0570. The van der Waals surface area contributed by atoms with E-state index in [0.29, 0.717) is 24.5 Å². The molecular formula is C11H17N3O3S2. The van der Waals surface area contributed by atoms with E-state index in [1.807, 2.05) is 6.26 Å². The molecule has 0 aliphatic rings. The van der Waals surface area contributed by atoms with Gasteiger partial charge >= 0.3 is 12.0 Å². The number of rotatable bonds is 8. The summed E-state index contributed by atoms with van der Waals surface area (Å²) in [5, 5.41) is 16.4. The number of thioether (sulfide) groups is 1. The Kier molecular flexibility index (Phi) is 7.27. The lowest BCUT2D eigenvalue weighted by Crippen LogP contribution is -2.37. The molecule has 1 aromatic heterocycles. The van der Waals surface area contributed by atoms with Crippen molar-refractivity contribution in [3.8, 4) is 0 Å².